The van der Waals surface area contributed by atoms with Gasteiger partial charge in [0.2, 0.25) is 0 Å². The van der Waals surface area contributed by atoms with E-state index in [1.165, 1.54) is 0 Å². The molecule has 1 rings (SSSR count). The molecular weight excluding hydrogens is 344 g/mol. The van der Waals surface area contributed by atoms with Gasteiger partial charge in [0.25, 0.3) is 0 Å². The van der Waals surface area contributed by atoms with Gasteiger partial charge in [-0.25, -0.2) is 9.56 Å². The van der Waals surface area contributed by atoms with Crippen molar-refractivity contribution in [1.29, 1.82) is 0 Å². The summed E-state index contributed by atoms with van der Waals surface area (Å²) < 4.78 is 0.970. The van der Waals surface area contributed by atoms with Crippen LogP contribution in [0.2, 0.25) is 0 Å². The van der Waals surface area contributed by atoms with Crippen LogP contribution in [0.5, 0.6) is 0 Å². The van der Waals surface area contributed by atoms with Crippen molar-refractivity contribution < 1.29 is 0 Å². The molecule has 0 atom stereocenters. The average Bonchev–Trinajstić information content (AvgIpc) is 2.42. The van der Waals surface area contributed by atoms with Crippen molar-refractivity contribution in [2.75, 3.05) is 13.1 Å². The second-order valence-corrected chi connectivity index (χ2v) is 5.84. The van der Waals surface area contributed by atoms with E-state index in [1.54, 1.807) is 0 Å². The average molecular weight is 360 g/mol. The molecule has 0 aromatic heterocycles. The molecule has 0 radical (unpaired) electrons. The molecule has 1 aromatic rings. The highest BCUT2D eigenvalue weighted by molar-refractivity contribution is 9.10. The Morgan fingerprint density at radius 1 is 1.10 bits per heavy atom. The predicted octanol–water partition coefficient (Wildman–Crippen LogP) is 1.67. The molecule has 0 aliphatic heterocycles. The summed E-state index contributed by atoms with van der Waals surface area (Å²) in [5, 5.41) is 10.6. The second-order valence-electron chi connectivity index (χ2n) is 3.93. The number of rotatable bonds is 4. The minimum Gasteiger partial charge on any atom is -0.279 e. The minimum absolute atomic E-state index is 0.770. The third-order valence-electron chi connectivity index (χ3n) is 2.60. The first-order chi connectivity index (χ1) is 9.65. The van der Waals surface area contributed by atoms with E-state index >= 15 is 0 Å². The van der Waals surface area contributed by atoms with Gasteiger partial charge in [0, 0.05) is 17.6 Å². The summed E-state index contributed by atoms with van der Waals surface area (Å²) in [7, 11) is 0. The molecule has 0 amide bonds. The minimum atomic E-state index is 0.770. The van der Waals surface area contributed by atoms with E-state index in [0.717, 1.165) is 67.0 Å². The van der Waals surface area contributed by atoms with Crippen LogP contribution in [0, 0.1) is 21.4 Å². The number of hydrogen-bond acceptors (Lipinski definition) is 2. The van der Waals surface area contributed by atoms with Crippen molar-refractivity contribution >= 4 is 54.2 Å². The molecule has 0 N–H and O–H groups in total. The molecule has 0 bridgehead atoms. The van der Waals surface area contributed by atoms with Gasteiger partial charge in [0.05, 0.1) is 11.1 Å². The van der Waals surface area contributed by atoms with E-state index in [9.17, 15) is 0 Å². The zero-order chi connectivity index (χ0) is 15.0. The van der Waals surface area contributed by atoms with Crippen LogP contribution in [-0.4, -0.2) is 50.7 Å². The first-order valence-corrected chi connectivity index (χ1v) is 9.31. The summed E-state index contributed by atoms with van der Waals surface area (Å²) in [5.41, 5.74) is 2.53. The Morgan fingerprint density at radius 2 is 1.60 bits per heavy atom. The van der Waals surface area contributed by atoms with E-state index in [2.05, 4.69) is 61.5 Å². The summed E-state index contributed by atoms with van der Waals surface area (Å²) >= 11 is 5.17. The molecule has 0 aliphatic carbocycles. The molecule has 0 spiro atoms. The molecule has 0 saturated carbocycles. The Morgan fingerprint density at radius 3 is 2.00 bits per heavy atom. The maximum atomic E-state index is 4.38. The van der Waals surface area contributed by atoms with Gasteiger partial charge in [-0.1, -0.05) is 33.0 Å². The normalized spacial score (nSPS) is 9.55. The highest BCUT2D eigenvalue weighted by Gasteiger charge is 2.07. The van der Waals surface area contributed by atoms with Gasteiger partial charge in [-0.05, 0) is 26.0 Å². The van der Waals surface area contributed by atoms with Gasteiger partial charge in [0.15, 0.2) is 0 Å². The van der Waals surface area contributed by atoms with Gasteiger partial charge in [0.1, 0.15) is 5.69 Å². The van der Waals surface area contributed by atoms with Crippen LogP contribution >= 0.6 is 15.9 Å². The summed E-state index contributed by atoms with van der Waals surface area (Å²) in [6.07, 6.45) is 0. The molecule has 3 nitrogen and oxygen atoms in total. The second kappa shape index (κ2) is 9.26. The largest absolute Gasteiger partial charge is 0.330 e. The Balaban J connectivity index is 3.37. The van der Waals surface area contributed by atoms with Crippen LogP contribution in [0.15, 0.2) is 26.9 Å². The van der Waals surface area contributed by atoms with Crippen molar-refractivity contribution in [2.24, 2.45) is 10.3 Å². The molecule has 6 heteroatoms. The smallest absolute Gasteiger partial charge is 0.279 e. The lowest BCUT2D eigenvalue weighted by molar-refractivity contribution is 0.300. The number of benzene rings is 1. The van der Waals surface area contributed by atoms with Crippen molar-refractivity contribution in [3.63, 3.8) is 0 Å². The van der Waals surface area contributed by atoms with Gasteiger partial charge < -0.3 is 0 Å². The Hall–Kier alpha value is -0.715. The van der Waals surface area contributed by atoms with E-state index in [4.69, 9.17) is 0 Å². The summed E-state index contributed by atoms with van der Waals surface area (Å²) in [5.74, 6) is 6.26. The molecular formula is C14H16Al2BrN3. The first-order valence-electron chi connectivity index (χ1n) is 6.51. The fourth-order valence-electron chi connectivity index (χ4n) is 1.62. The predicted molar refractivity (Wildman–Crippen MR) is 92.4 cm³/mol. The quantitative estimate of drug-likeness (QED) is 0.348. The highest BCUT2D eigenvalue weighted by Crippen LogP contribution is 2.28. The lowest BCUT2D eigenvalue weighted by atomic mass is 10.1. The molecule has 100 valence electrons. The fourth-order valence-corrected chi connectivity index (χ4v) is 2.62. The van der Waals surface area contributed by atoms with Gasteiger partial charge in [-0.3, -0.25) is 5.01 Å². The molecule has 0 saturated heterocycles. The fraction of sp³-hybridized carbons (Fsp3) is 0.286. The van der Waals surface area contributed by atoms with Crippen LogP contribution in [0.1, 0.15) is 25.0 Å². The van der Waals surface area contributed by atoms with Crippen LogP contribution in [0.4, 0.5) is 5.69 Å². The SMILES string of the molecule is CCN(CC)N=Nc1c(C#[C][AlH2])cc(Br)cc1C#[C][AlH2]. The van der Waals surface area contributed by atoms with Crippen molar-refractivity contribution in [3.8, 4) is 21.4 Å². The van der Waals surface area contributed by atoms with Gasteiger partial charge >= 0.3 is 32.6 Å². The van der Waals surface area contributed by atoms with E-state index in [0.29, 0.717) is 0 Å². The maximum absolute atomic E-state index is 4.38. The third kappa shape index (κ3) is 5.00. The lowest BCUT2D eigenvalue weighted by Crippen LogP contribution is -2.14. The van der Waals surface area contributed by atoms with E-state index in [-0.39, 0.29) is 0 Å². The summed E-state index contributed by atoms with van der Waals surface area (Å²) in [6.45, 7) is 5.78. The highest BCUT2D eigenvalue weighted by atomic mass is 79.9. The van der Waals surface area contributed by atoms with Crippen LogP contribution in [0.25, 0.3) is 0 Å². The molecule has 20 heavy (non-hydrogen) atoms. The monoisotopic (exact) mass is 359 g/mol. The molecule has 0 fully saturated rings. The Bertz CT molecular complexity index is 576. The first kappa shape index (κ1) is 17.3. The zero-order valence-electron chi connectivity index (χ0n) is 12.3. The number of halogens is 1. The topological polar surface area (TPSA) is 28.0 Å². The number of nitrogens with zero attached hydrogens (tertiary/aromatic N) is 3. The van der Waals surface area contributed by atoms with Crippen molar-refractivity contribution in [1.82, 2.24) is 5.01 Å². The molecule has 0 unspecified atom stereocenters. The van der Waals surface area contributed by atoms with Crippen molar-refractivity contribution in [3.05, 3.63) is 27.7 Å². The van der Waals surface area contributed by atoms with E-state index < -0.39 is 0 Å². The van der Waals surface area contributed by atoms with Crippen molar-refractivity contribution in [2.45, 2.75) is 13.8 Å². The lowest BCUT2D eigenvalue weighted by Gasteiger charge is -2.12. The molecule has 0 heterocycles. The van der Waals surface area contributed by atoms with Crippen LogP contribution in [-0.2, 0) is 0 Å². The molecule has 0 aliphatic rings. The maximum Gasteiger partial charge on any atom is 0.330 e. The molecule has 1 aromatic carbocycles. The van der Waals surface area contributed by atoms with E-state index in [1.807, 2.05) is 17.1 Å². The van der Waals surface area contributed by atoms with Gasteiger partial charge in [-0.2, -0.15) is 0 Å². The van der Waals surface area contributed by atoms with Crippen LogP contribution < -0.4 is 0 Å². The Kier molecular flexibility index (Phi) is 8.03. The third-order valence-corrected chi connectivity index (χ3v) is 3.55. The summed E-state index contributed by atoms with van der Waals surface area (Å²) in [4.78, 5) is 6.10. The van der Waals surface area contributed by atoms with Crippen LogP contribution in [0.3, 0.4) is 0 Å². The standard InChI is InChI=1S/C14H12BrN3.2Al.4H/c1-5-11-9-13(15)10-12(6-2)14(11)16-17-18(7-3)8-4;;;;;;/h9-10H,7-8H2,3-4H3;;;;;;. The Labute approximate surface area is 145 Å². The zero-order valence-corrected chi connectivity index (χ0v) is 17.9. The number of hydrogen-bond donors (Lipinski definition) is 0. The summed E-state index contributed by atoms with van der Waals surface area (Å²) in [6, 6.07) is 3.94. The van der Waals surface area contributed by atoms with Gasteiger partial charge in [-0.15, -0.1) is 5.11 Å².